The van der Waals surface area contributed by atoms with Gasteiger partial charge in [-0.05, 0) is 42.9 Å². The van der Waals surface area contributed by atoms with Gasteiger partial charge in [-0.3, -0.25) is 0 Å². The quantitative estimate of drug-likeness (QED) is 0.858. The maximum absolute atomic E-state index is 11.2. The first kappa shape index (κ1) is 13.6. The van der Waals surface area contributed by atoms with Crippen LogP contribution in [0.2, 0.25) is 0 Å². The highest BCUT2D eigenvalue weighted by molar-refractivity contribution is 5.37. The minimum Gasteiger partial charge on any atom is -0.385 e. The molecule has 0 amide bonds. The smallest absolute Gasteiger partial charge is 0.0939 e. The lowest BCUT2D eigenvalue weighted by atomic mass is 9.68. The Morgan fingerprint density at radius 2 is 2.17 bits per heavy atom. The van der Waals surface area contributed by atoms with E-state index in [0.29, 0.717) is 12.5 Å². The lowest BCUT2D eigenvalue weighted by Gasteiger charge is -2.42. The van der Waals surface area contributed by atoms with Crippen LogP contribution in [-0.4, -0.2) is 11.7 Å². The molecule has 3 N–H and O–H groups in total. The Hall–Kier alpha value is -0.860. The highest BCUT2D eigenvalue weighted by Crippen LogP contribution is 2.46. The summed E-state index contributed by atoms with van der Waals surface area (Å²) < 4.78 is 0. The van der Waals surface area contributed by atoms with E-state index in [4.69, 9.17) is 5.73 Å². The second kappa shape index (κ2) is 5.41. The molecule has 0 aromatic heterocycles. The Kier molecular flexibility index (Phi) is 4.08. The van der Waals surface area contributed by atoms with Crippen molar-refractivity contribution < 1.29 is 5.11 Å². The van der Waals surface area contributed by atoms with E-state index in [0.717, 1.165) is 31.2 Å². The topological polar surface area (TPSA) is 46.2 Å². The van der Waals surface area contributed by atoms with Crippen LogP contribution < -0.4 is 5.73 Å². The Balaban J connectivity index is 2.42. The minimum atomic E-state index is -0.714. The molecule has 0 fully saturated rings. The fourth-order valence-electron chi connectivity index (χ4n) is 3.37. The average molecular weight is 247 g/mol. The summed E-state index contributed by atoms with van der Waals surface area (Å²) in [6.07, 6.45) is 3.96. The van der Waals surface area contributed by atoms with Gasteiger partial charge < -0.3 is 10.8 Å². The van der Waals surface area contributed by atoms with Crippen LogP contribution in [0, 0.1) is 5.92 Å². The monoisotopic (exact) mass is 247 g/mol. The van der Waals surface area contributed by atoms with E-state index in [1.807, 2.05) is 6.07 Å². The maximum atomic E-state index is 11.2. The van der Waals surface area contributed by atoms with E-state index in [2.05, 4.69) is 32.0 Å². The molecule has 18 heavy (non-hydrogen) atoms. The van der Waals surface area contributed by atoms with Gasteiger partial charge in [0.1, 0.15) is 0 Å². The largest absolute Gasteiger partial charge is 0.385 e. The van der Waals surface area contributed by atoms with E-state index in [1.54, 1.807) is 0 Å². The Morgan fingerprint density at radius 3 is 2.83 bits per heavy atom. The van der Waals surface area contributed by atoms with Gasteiger partial charge in [0, 0.05) is 5.92 Å². The molecule has 2 heteroatoms. The van der Waals surface area contributed by atoms with Crippen molar-refractivity contribution in [1.82, 2.24) is 0 Å². The van der Waals surface area contributed by atoms with Gasteiger partial charge in [-0.25, -0.2) is 0 Å². The lowest BCUT2D eigenvalue weighted by Crippen LogP contribution is -2.42. The molecule has 0 aliphatic heterocycles. The van der Waals surface area contributed by atoms with E-state index in [1.165, 1.54) is 5.56 Å². The summed E-state index contributed by atoms with van der Waals surface area (Å²) in [4.78, 5) is 0. The molecule has 0 saturated heterocycles. The number of hydrogen-bond donors (Lipinski definition) is 2. The molecule has 0 saturated carbocycles. The first-order chi connectivity index (χ1) is 8.63. The summed E-state index contributed by atoms with van der Waals surface area (Å²) in [6.45, 7) is 4.96. The maximum Gasteiger partial charge on any atom is 0.0939 e. The van der Waals surface area contributed by atoms with Crippen molar-refractivity contribution in [3.63, 3.8) is 0 Å². The van der Waals surface area contributed by atoms with Gasteiger partial charge in [-0.2, -0.15) is 0 Å². The van der Waals surface area contributed by atoms with Gasteiger partial charge in [0.05, 0.1) is 5.60 Å². The first-order valence-electron chi connectivity index (χ1n) is 7.15. The summed E-state index contributed by atoms with van der Waals surface area (Å²) in [7, 11) is 0. The summed E-state index contributed by atoms with van der Waals surface area (Å²) in [5, 5.41) is 11.2. The fraction of sp³-hybridized carbons (Fsp3) is 0.625. The molecule has 2 rings (SSSR count). The van der Waals surface area contributed by atoms with Crippen molar-refractivity contribution >= 4 is 0 Å². The molecule has 100 valence electrons. The van der Waals surface area contributed by atoms with Crippen molar-refractivity contribution in [3.05, 3.63) is 35.4 Å². The molecule has 3 unspecified atom stereocenters. The van der Waals surface area contributed by atoms with Crippen LogP contribution in [0.4, 0.5) is 0 Å². The van der Waals surface area contributed by atoms with Crippen LogP contribution >= 0.6 is 0 Å². The average Bonchev–Trinajstić information content (AvgIpc) is 2.41. The van der Waals surface area contributed by atoms with Gasteiger partial charge >= 0.3 is 0 Å². The summed E-state index contributed by atoms with van der Waals surface area (Å²) in [5.41, 5.74) is 7.62. The highest BCUT2D eigenvalue weighted by Gasteiger charge is 2.41. The lowest BCUT2D eigenvalue weighted by molar-refractivity contribution is -0.0419. The van der Waals surface area contributed by atoms with Gasteiger partial charge in [-0.1, -0.05) is 44.5 Å². The molecule has 1 aromatic carbocycles. The number of fused-ring (bicyclic) bond motifs is 1. The number of hydrogen-bond acceptors (Lipinski definition) is 2. The van der Waals surface area contributed by atoms with E-state index in [9.17, 15) is 5.11 Å². The minimum absolute atomic E-state index is 0.177. The van der Waals surface area contributed by atoms with Crippen LogP contribution in [0.1, 0.15) is 56.6 Å². The van der Waals surface area contributed by atoms with Crippen molar-refractivity contribution in [3.8, 4) is 0 Å². The highest BCUT2D eigenvalue weighted by atomic mass is 16.3. The van der Waals surface area contributed by atoms with Crippen molar-refractivity contribution in [2.75, 3.05) is 6.54 Å². The zero-order valence-corrected chi connectivity index (χ0v) is 11.5. The third-order valence-electron chi connectivity index (χ3n) is 4.51. The van der Waals surface area contributed by atoms with E-state index < -0.39 is 5.60 Å². The van der Waals surface area contributed by atoms with Crippen LogP contribution in [0.15, 0.2) is 24.3 Å². The predicted octanol–water partition coefficient (Wildman–Crippen LogP) is 3.15. The van der Waals surface area contributed by atoms with Crippen molar-refractivity contribution in [2.24, 2.45) is 11.7 Å². The zero-order valence-electron chi connectivity index (χ0n) is 11.5. The SMILES string of the molecule is CCCC(CN)C1(O)CCC(C)c2ccccc21. The predicted molar refractivity (Wildman–Crippen MR) is 75.4 cm³/mol. The van der Waals surface area contributed by atoms with Crippen LogP contribution in [0.25, 0.3) is 0 Å². The Labute approximate surface area is 110 Å². The first-order valence-corrected chi connectivity index (χ1v) is 7.15. The van der Waals surface area contributed by atoms with Gasteiger partial charge in [-0.15, -0.1) is 0 Å². The van der Waals surface area contributed by atoms with Crippen molar-refractivity contribution in [2.45, 2.75) is 51.0 Å². The molecule has 1 aliphatic rings. The molecule has 1 aliphatic carbocycles. The summed E-state index contributed by atoms with van der Waals surface area (Å²) >= 11 is 0. The Bertz CT molecular complexity index is 404. The van der Waals surface area contributed by atoms with Gasteiger partial charge in [0.15, 0.2) is 0 Å². The normalized spacial score (nSPS) is 28.8. The molecule has 0 radical (unpaired) electrons. The van der Waals surface area contributed by atoms with E-state index in [-0.39, 0.29) is 5.92 Å². The molecule has 1 aromatic rings. The molecule has 3 atom stereocenters. The van der Waals surface area contributed by atoms with E-state index >= 15 is 0 Å². The summed E-state index contributed by atoms with van der Waals surface area (Å²) in [5.74, 6) is 0.720. The molecular weight excluding hydrogens is 222 g/mol. The number of rotatable bonds is 4. The third-order valence-corrected chi connectivity index (χ3v) is 4.51. The third kappa shape index (κ3) is 2.19. The second-order valence-corrected chi connectivity index (χ2v) is 5.67. The zero-order chi connectivity index (χ0) is 13.2. The van der Waals surface area contributed by atoms with Crippen LogP contribution in [-0.2, 0) is 5.60 Å². The molecule has 0 bridgehead atoms. The number of benzene rings is 1. The van der Waals surface area contributed by atoms with Gasteiger partial charge in [0.2, 0.25) is 0 Å². The van der Waals surface area contributed by atoms with Crippen LogP contribution in [0.5, 0.6) is 0 Å². The number of aliphatic hydroxyl groups is 1. The number of nitrogens with two attached hydrogens (primary N) is 1. The van der Waals surface area contributed by atoms with Crippen molar-refractivity contribution in [1.29, 1.82) is 0 Å². The molecular formula is C16H25NO. The Morgan fingerprint density at radius 1 is 1.44 bits per heavy atom. The molecule has 2 nitrogen and oxygen atoms in total. The van der Waals surface area contributed by atoms with Crippen LogP contribution in [0.3, 0.4) is 0 Å². The fourth-order valence-corrected chi connectivity index (χ4v) is 3.37. The van der Waals surface area contributed by atoms with Gasteiger partial charge in [0.25, 0.3) is 0 Å². The molecule has 0 heterocycles. The second-order valence-electron chi connectivity index (χ2n) is 5.67. The molecule has 0 spiro atoms. The summed E-state index contributed by atoms with van der Waals surface area (Å²) in [6, 6.07) is 8.34. The standard InChI is InChI=1S/C16H25NO/c1-3-6-13(11-17)16(18)10-9-12(2)14-7-4-5-8-15(14)16/h4-5,7-8,12-13,18H,3,6,9-11,17H2,1-2H3.